The Hall–Kier alpha value is -1.60. The summed E-state index contributed by atoms with van der Waals surface area (Å²) in [5, 5.41) is 8.11. The topological polar surface area (TPSA) is 69.2 Å². The van der Waals surface area contributed by atoms with Crippen molar-refractivity contribution < 1.29 is 18.3 Å². The monoisotopic (exact) mass is 371 g/mol. The van der Waals surface area contributed by atoms with Crippen LogP contribution in [0.1, 0.15) is 51.7 Å². The Bertz CT molecular complexity index is 630. The van der Waals surface area contributed by atoms with Gasteiger partial charge in [0.25, 0.3) is 0 Å². The van der Waals surface area contributed by atoms with Crippen molar-refractivity contribution in [3.63, 3.8) is 0 Å². The van der Waals surface area contributed by atoms with Crippen LogP contribution < -0.4 is 5.73 Å². The molecule has 0 bridgehead atoms. The van der Waals surface area contributed by atoms with E-state index in [2.05, 4.69) is 10.2 Å². The molecule has 0 amide bonds. The van der Waals surface area contributed by atoms with E-state index >= 15 is 0 Å². The van der Waals surface area contributed by atoms with Gasteiger partial charge in [-0.2, -0.15) is 10.2 Å². The van der Waals surface area contributed by atoms with E-state index in [4.69, 9.17) is 15.2 Å². The first-order valence-corrected chi connectivity index (χ1v) is 8.72. The second-order valence-corrected chi connectivity index (χ2v) is 7.68. The summed E-state index contributed by atoms with van der Waals surface area (Å²) in [6.45, 7) is 11.8. The molecule has 26 heavy (non-hydrogen) atoms. The number of halogens is 2. The highest BCUT2D eigenvalue weighted by atomic mass is 19.2. The molecule has 1 aromatic carbocycles. The lowest BCUT2D eigenvalue weighted by Gasteiger charge is -2.28. The highest BCUT2D eigenvalue weighted by molar-refractivity contribution is 5.70. The molecule has 0 unspecified atom stereocenters. The van der Waals surface area contributed by atoms with E-state index in [1.807, 2.05) is 27.7 Å². The molecule has 148 valence electrons. The first kappa shape index (κ1) is 22.4. The second kappa shape index (κ2) is 8.86. The highest BCUT2D eigenvalue weighted by Gasteiger charge is 2.22. The summed E-state index contributed by atoms with van der Waals surface area (Å²) in [5.74, 6) is -1.87. The smallest absolute Gasteiger partial charge is 0.164 e. The van der Waals surface area contributed by atoms with Gasteiger partial charge in [-0.1, -0.05) is 0 Å². The van der Waals surface area contributed by atoms with Gasteiger partial charge >= 0.3 is 0 Å². The van der Waals surface area contributed by atoms with Crippen LogP contribution >= 0.6 is 0 Å². The van der Waals surface area contributed by atoms with Crippen LogP contribution in [0.2, 0.25) is 0 Å². The Morgan fingerprint density at radius 1 is 0.962 bits per heavy atom. The third kappa shape index (κ3) is 5.99. The van der Waals surface area contributed by atoms with Crippen molar-refractivity contribution in [3.8, 4) is 0 Å². The molecule has 0 radical (unpaired) electrons. The van der Waals surface area contributed by atoms with Gasteiger partial charge in [-0.05, 0) is 54.4 Å². The summed E-state index contributed by atoms with van der Waals surface area (Å²) in [4.78, 5) is 0. The summed E-state index contributed by atoms with van der Waals surface area (Å²) < 4.78 is 38.8. The molecule has 2 N–H and O–H groups in total. The molecule has 0 atom stereocenters. The lowest BCUT2D eigenvalue weighted by atomic mass is 10.0. The van der Waals surface area contributed by atoms with E-state index in [0.29, 0.717) is 19.6 Å². The molecule has 0 saturated heterocycles. The van der Waals surface area contributed by atoms with Crippen molar-refractivity contribution in [1.82, 2.24) is 0 Å². The quantitative estimate of drug-likeness (QED) is 0.476. The van der Waals surface area contributed by atoms with Gasteiger partial charge in [-0.3, -0.25) is 0 Å². The molecule has 0 saturated carbocycles. The van der Waals surface area contributed by atoms with Crippen molar-refractivity contribution in [3.05, 3.63) is 22.8 Å². The average Bonchev–Trinajstić information content (AvgIpc) is 2.57. The SMILES string of the molecule is COC(C)(C)CCOC(C)(C)CCN=Nc1c(C)c(F)c(F)c(C)c1N. The van der Waals surface area contributed by atoms with Crippen molar-refractivity contribution in [2.45, 2.75) is 65.6 Å². The standard InChI is InChI=1S/C19H31F2N3O2/c1-12-14(20)15(21)13(2)17(16(12)22)24-23-10-8-19(5,6)26-11-9-18(3,4)25-7/h8-11,22H2,1-7H3. The molecule has 0 aromatic heterocycles. The third-order valence-electron chi connectivity index (χ3n) is 4.60. The van der Waals surface area contributed by atoms with Crippen LogP contribution in [-0.2, 0) is 9.47 Å². The summed E-state index contributed by atoms with van der Waals surface area (Å²) in [6.07, 6.45) is 1.41. The maximum atomic E-state index is 13.8. The Morgan fingerprint density at radius 3 is 2.12 bits per heavy atom. The number of nitrogen functional groups attached to an aromatic ring is 1. The Balaban J connectivity index is 2.65. The summed E-state index contributed by atoms with van der Waals surface area (Å²) in [5.41, 5.74) is 5.64. The van der Waals surface area contributed by atoms with Gasteiger partial charge in [0.15, 0.2) is 11.6 Å². The first-order valence-electron chi connectivity index (χ1n) is 8.72. The van der Waals surface area contributed by atoms with E-state index in [1.54, 1.807) is 7.11 Å². The fraction of sp³-hybridized carbons (Fsp3) is 0.684. The zero-order chi connectivity index (χ0) is 20.1. The largest absolute Gasteiger partial charge is 0.397 e. The summed E-state index contributed by atoms with van der Waals surface area (Å²) in [7, 11) is 1.68. The van der Waals surface area contributed by atoms with E-state index in [-0.39, 0.29) is 33.7 Å². The molecule has 1 rings (SSSR count). The number of hydrogen-bond donors (Lipinski definition) is 1. The van der Waals surface area contributed by atoms with Crippen LogP contribution in [0, 0.1) is 25.5 Å². The van der Waals surface area contributed by atoms with Crippen molar-refractivity contribution >= 4 is 11.4 Å². The summed E-state index contributed by atoms with van der Waals surface area (Å²) >= 11 is 0. The lowest BCUT2D eigenvalue weighted by molar-refractivity contribution is -0.0600. The fourth-order valence-corrected chi connectivity index (χ4v) is 2.25. The minimum atomic E-state index is -0.938. The molecule has 0 aliphatic heterocycles. The molecule has 1 aromatic rings. The van der Waals surface area contributed by atoms with Gasteiger partial charge in [0.1, 0.15) is 5.69 Å². The van der Waals surface area contributed by atoms with Gasteiger partial charge in [-0.15, -0.1) is 0 Å². The predicted octanol–water partition coefficient (Wildman–Crippen LogP) is 5.25. The number of methoxy groups -OCH3 is 1. The number of azo groups is 1. The lowest BCUT2D eigenvalue weighted by Crippen LogP contribution is -2.30. The van der Waals surface area contributed by atoms with Gasteiger partial charge in [0.05, 0.1) is 30.0 Å². The molecule has 0 spiro atoms. The number of nitrogens with zero attached hydrogens (tertiary/aromatic N) is 2. The molecular weight excluding hydrogens is 340 g/mol. The molecule has 0 aliphatic carbocycles. The molecular formula is C19H31F2N3O2. The van der Waals surface area contributed by atoms with E-state index in [9.17, 15) is 8.78 Å². The Kier molecular flexibility index (Phi) is 7.65. The molecule has 0 aliphatic rings. The third-order valence-corrected chi connectivity index (χ3v) is 4.60. The molecule has 0 fully saturated rings. The highest BCUT2D eigenvalue weighted by Crippen LogP contribution is 2.34. The minimum absolute atomic E-state index is 0.0477. The maximum Gasteiger partial charge on any atom is 0.164 e. The van der Waals surface area contributed by atoms with E-state index in [1.165, 1.54) is 13.8 Å². The first-order chi connectivity index (χ1) is 11.9. The number of ether oxygens (including phenoxy) is 2. The van der Waals surface area contributed by atoms with Gasteiger partial charge in [0.2, 0.25) is 0 Å². The van der Waals surface area contributed by atoms with Crippen LogP contribution in [0.15, 0.2) is 10.2 Å². The zero-order valence-corrected chi connectivity index (χ0v) is 16.9. The minimum Gasteiger partial charge on any atom is -0.397 e. The van der Waals surface area contributed by atoms with Gasteiger partial charge < -0.3 is 15.2 Å². The van der Waals surface area contributed by atoms with Crippen LogP contribution in [0.3, 0.4) is 0 Å². The zero-order valence-electron chi connectivity index (χ0n) is 16.9. The molecule has 7 heteroatoms. The van der Waals surface area contributed by atoms with Crippen molar-refractivity contribution in [2.75, 3.05) is 26.0 Å². The summed E-state index contributed by atoms with van der Waals surface area (Å²) in [6, 6.07) is 0. The second-order valence-electron chi connectivity index (χ2n) is 7.68. The number of benzene rings is 1. The number of anilines is 1. The maximum absolute atomic E-state index is 13.8. The van der Waals surface area contributed by atoms with Gasteiger partial charge in [0, 0.05) is 18.2 Å². The van der Waals surface area contributed by atoms with Crippen LogP contribution in [0.4, 0.5) is 20.2 Å². The molecule has 5 nitrogen and oxygen atoms in total. The fourth-order valence-electron chi connectivity index (χ4n) is 2.25. The Labute approximate surface area is 155 Å². The number of hydrogen-bond acceptors (Lipinski definition) is 5. The predicted molar refractivity (Wildman–Crippen MR) is 100.0 cm³/mol. The van der Waals surface area contributed by atoms with E-state index < -0.39 is 11.6 Å². The number of rotatable bonds is 9. The van der Waals surface area contributed by atoms with Crippen molar-refractivity contribution in [1.29, 1.82) is 0 Å². The average molecular weight is 371 g/mol. The molecule has 0 heterocycles. The van der Waals surface area contributed by atoms with Gasteiger partial charge in [-0.25, -0.2) is 8.78 Å². The van der Waals surface area contributed by atoms with Crippen molar-refractivity contribution in [2.24, 2.45) is 10.2 Å². The van der Waals surface area contributed by atoms with E-state index in [0.717, 1.165) is 6.42 Å². The van der Waals surface area contributed by atoms with Crippen LogP contribution in [-0.4, -0.2) is 31.5 Å². The Morgan fingerprint density at radius 2 is 1.54 bits per heavy atom. The number of nitrogens with two attached hydrogens (primary N) is 1. The van der Waals surface area contributed by atoms with Crippen LogP contribution in [0.5, 0.6) is 0 Å². The normalized spacial score (nSPS) is 13.0. The van der Waals surface area contributed by atoms with Crippen LogP contribution in [0.25, 0.3) is 0 Å².